The van der Waals surface area contributed by atoms with Crippen LogP contribution in [0.25, 0.3) is 0 Å². The second kappa shape index (κ2) is 5.80. The van der Waals surface area contributed by atoms with Crippen LogP contribution >= 0.6 is 11.6 Å². The van der Waals surface area contributed by atoms with E-state index in [-0.39, 0.29) is 11.9 Å². The van der Waals surface area contributed by atoms with Crippen molar-refractivity contribution in [1.29, 1.82) is 0 Å². The van der Waals surface area contributed by atoms with Gasteiger partial charge in [-0.1, -0.05) is 17.7 Å². The Bertz CT molecular complexity index is 478. The zero-order valence-corrected chi connectivity index (χ0v) is 12.4. The lowest BCUT2D eigenvalue weighted by Crippen LogP contribution is -2.48. The molecule has 0 radical (unpaired) electrons. The molecular formula is C14H20ClN3O. The molecule has 0 saturated carbocycles. The number of anilines is 1. The van der Waals surface area contributed by atoms with Crippen LogP contribution in [0.4, 0.5) is 5.69 Å². The monoisotopic (exact) mass is 281 g/mol. The fraction of sp³-hybridized carbons (Fsp3) is 0.500. The maximum absolute atomic E-state index is 11.7. The first kappa shape index (κ1) is 14.2. The normalized spacial score (nSPS) is 17.8. The lowest BCUT2D eigenvalue weighted by molar-refractivity contribution is -0.129. The van der Waals surface area contributed by atoms with Gasteiger partial charge in [-0.3, -0.25) is 4.79 Å². The minimum Gasteiger partial charge on any atom is -0.360 e. The second-order valence-electron chi connectivity index (χ2n) is 4.95. The van der Waals surface area contributed by atoms with Gasteiger partial charge in [-0.15, -0.1) is 0 Å². The summed E-state index contributed by atoms with van der Waals surface area (Å²) in [5.41, 5.74) is 2.09. The molecule has 2 rings (SSSR count). The number of halogens is 1. The van der Waals surface area contributed by atoms with Crippen LogP contribution in [0.1, 0.15) is 18.5 Å². The maximum atomic E-state index is 11.7. The first-order valence-electron chi connectivity index (χ1n) is 6.48. The molecule has 1 atom stereocenters. The molecule has 1 amide bonds. The summed E-state index contributed by atoms with van der Waals surface area (Å²) in [5, 5.41) is 3.92. The van der Waals surface area contributed by atoms with E-state index < -0.39 is 0 Å². The molecule has 1 saturated heterocycles. The van der Waals surface area contributed by atoms with Crippen LogP contribution in [0.2, 0.25) is 5.02 Å². The molecule has 0 spiro atoms. The third kappa shape index (κ3) is 3.01. The molecule has 1 unspecified atom stereocenters. The molecule has 1 fully saturated rings. The number of nitrogens with one attached hydrogen (secondary N) is 1. The fourth-order valence-corrected chi connectivity index (χ4v) is 2.54. The Morgan fingerprint density at radius 1 is 1.37 bits per heavy atom. The summed E-state index contributed by atoms with van der Waals surface area (Å²) < 4.78 is 0. The molecule has 1 aromatic carbocycles. The Kier molecular flexibility index (Phi) is 4.32. The number of carbonyl (C=O) groups is 1. The van der Waals surface area contributed by atoms with Crippen molar-refractivity contribution in [2.75, 3.05) is 38.6 Å². The highest BCUT2D eigenvalue weighted by atomic mass is 35.5. The van der Waals surface area contributed by atoms with E-state index in [1.54, 1.807) is 4.90 Å². The molecule has 4 nitrogen and oxygen atoms in total. The first-order valence-corrected chi connectivity index (χ1v) is 6.86. The Labute approximate surface area is 119 Å². The number of carbonyl (C=O) groups excluding carboxylic acids is 1. The minimum absolute atomic E-state index is 0.148. The van der Waals surface area contributed by atoms with E-state index in [0.717, 1.165) is 29.4 Å². The maximum Gasteiger partial charge on any atom is 0.241 e. The van der Waals surface area contributed by atoms with Gasteiger partial charge in [0.25, 0.3) is 0 Å². The minimum atomic E-state index is 0.148. The molecule has 5 heteroatoms. The largest absolute Gasteiger partial charge is 0.360 e. The smallest absolute Gasteiger partial charge is 0.241 e. The van der Waals surface area contributed by atoms with Gasteiger partial charge in [0.1, 0.15) is 0 Å². The molecule has 1 aliphatic rings. The quantitative estimate of drug-likeness (QED) is 0.919. The van der Waals surface area contributed by atoms with Gasteiger partial charge in [-0.2, -0.15) is 0 Å². The van der Waals surface area contributed by atoms with Crippen molar-refractivity contribution in [2.24, 2.45) is 0 Å². The summed E-state index contributed by atoms with van der Waals surface area (Å²) in [6, 6.07) is 6.23. The molecule has 0 aliphatic carbocycles. The Hall–Kier alpha value is -1.26. The zero-order valence-electron chi connectivity index (χ0n) is 11.6. The molecule has 1 aliphatic heterocycles. The van der Waals surface area contributed by atoms with Crippen molar-refractivity contribution in [3.05, 3.63) is 28.8 Å². The number of likely N-dealkylation sites (N-methyl/N-ethyl adjacent to an activating group) is 1. The van der Waals surface area contributed by atoms with Gasteiger partial charge in [0, 0.05) is 36.9 Å². The fourth-order valence-electron chi connectivity index (χ4n) is 2.20. The lowest BCUT2D eigenvalue weighted by Gasteiger charge is -2.33. The number of amides is 1. The molecule has 104 valence electrons. The average Bonchev–Trinajstić information content (AvgIpc) is 2.41. The number of hydrogen-bond donors (Lipinski definition) is 1. The van der Waals surface area contributed by atoms with Gasteiger partial charge in [-0.25, -0.2) is 0 Å². The molecule has 19 heavy (non-hydrogen) atoms. The molecule has 0 aromatic heterocycles. The van der Waals surface area contributed by atoms with Crippen LogP contribution in [-0.4, -0.2) is 44.5 Å². The van der Waals surface area contributed by atoms with Crippen LogP contribution in [0, 0.1) is 0 Å². The highest BCUT2D eigenvalue weighted by molar-refractivity contribution is 6.31. The number of piperazine rings is 1. The zero-order chi connectivity index (χ0) is 14.0. The van der Waals surface area contributed by atoms with E-state index in [0.29, 0.717) is 6.54 Å². The number of rotatable bonds is 3. The van der Waals surface area contributed by atoms with Crippen molar-refractivity contribution in [3.63, 3.8) is 0 Å². The number of benzene rings is 1. The van der Waals surface area contributed by atoms with Crippen LogP contribution < -0.4 is 10.2 Å². The van der Waals surface area contributed by atoms with Crippen LogP contribution in [0.5, 0.6) is 0 Å². The standard InChI is InChI=1S/C14H20ClN3O/c1-10(16-2)12-5-4-11(8-13(12)15)18-7-6-17(3)14(19)9-18/h4-5,8,10,16H,6-7,9H2,1-3H3. The van der Waals surface area contributed by atoms with E-state index >= 15 is 0 Å². The highest BCUT2D eigenvalue weighted by Gasteiger charge is 2.21. The third-order valence-electron chi connectivity index (χ3n) is 3.71. The van der Waals surface area contributed by atoms with Gasteiger partial charge >= 0.3 is 0 Å². The highest BCUT2D eigenvalue weighted by Crippen LogP contribution is 2.28. The van der Waals surface area contributed by atoms with Crippen molar-refractivity contribution in [2.45, 2.75) is 13.0 Å². The Morgan fingerprint density at radius 3 is 2.68 bits per heavy atom. The molecule has 0 bridgehead atoms. The van der Waals surface area contributed by atoms with Gasteiger partial charge in [-0.05, 0) is 31.7 Å². The SMILES string of the molecule is CNC(C)c1ccc(N2CCN(C)C(=O)C2)cc1Cl. The molecule has 1 N–H and O–H groups in total. The van der Waals surface area contributed by atoms with E-state index in [1.807, 2.05) is 32.3 Å². The van der Waals surface area contributed by atoms with Crippen molar-refractivity contribution < 1.29 is 4.79 Å². The summed E-state index contributed by atoms with van der Waals surface area (Å²) in [4.78, 5) is 15.6. The molecule has 1 aromatic rings. The van der Waals surface area contributed by atoms with Crippen molar-refractivity contribution in [1.82, 2.24) is 10.2 Å². The van der Waals surface area contributed by atoms with Gasteiger partial charge < -0.3 is 15.1 Å². The second-order valence-corrected chi connectivity index (χ2v) is 5.36. The van der Waals surface area contributed by atoms with Crippen LogP contribution in [-0.2, 0) is 4.79 Å². The Balaban J connectivity index is 2.18. The summed E-state index contributed by atoms with van der Waals surface area (Å²) in [5.74, 6) is 0.148. The van der Waals surface area contributed by atoms with Gasteiger partial charge in [0.15, 0.2) is 0 Å². The topological polar surface area (TPSA) is 35.6 Å². The molecular weight excluding hydrogens is 262 g/mol. The van der Waals surface area contributed by atoms with E-state index in [4.69, 9.17) is 11.6 Å². The lowest BCUT2D eigenvalue weighted by atomic mass is 10.1. The summed E-state index contributed by atoms with van der Waals surface area (Å²) in [6.07, 6.45) is 0. The summed E-state index contributed by atoms with van der Waals surface area (Å²) in [7, 11) is 3.75. The van der Waals surface area contributed by atoms with Crippen LogP contribution in [0.3, 0.4) is 0 Å². The predicted octanol–water partition coefficient (Wildman–Crippen LogP) is 1.90. The van der Waals surface area contributed by atoms with E-state index in [1.165, 1.54) is 0 Å². The van der Waals surface area contributed by atoms with Crippen LogP contribution in [0.15, 0.2) is 18.2 Å². The number of nitrogens with zero attached hydrogens (tertiary/aromatic N) is 2. The number of hydrogen-bond acceptors (Lipinski definition) is 3. The first-order chi connectivity index (χ1) is 9.02. The third-order valence-corrected chi connectivity index (χ3v) is 4.03. The van der Waals surface area contributed by atoms with Crippen molar-refractivity contribution in [3.8, 4) is 0 Å². The summed E-state index contributed by atoms with van der Waals surface area (Å²) >= 11 is 6.33. The molecule has 1 heterocycles. The van der Waals surface area contributed by atoms with Gasteiger partial charge in [0.05, 0.1) is 6.54 Å². The average molecular weight is 282 g/mol. The van der Waals surface area contributed by atoms with E-state index in [2.05, 4.69) is 17.1 Å². The summed E-state index contributed by atoms with van der Waals surface area (Å²) in [6.45, 7) is 4.10. The van der Waals surface area contributed by atoms with E-state index in [9.17, 15) is 4.79 Å². The van der Waals surface area contributed by atoms with Gasteiger partial charge in [0.2, 0.25) is 5.91 Å². The Morgan fingerprint density at radius 2 is 2.11 bits per heavy atom. The van der Waals surface area contributed by atoms with Crippen molar-refractivity contribution >= 4 is 23.2 Å². The predicted molar refractivity (Wildman–Crippen MR) is 78.8 cm³/mol.